The molecule has 1 amide bonds. The molecule has 4 nitrogen and oxygen atoms in total. The number of hydrogen-bond acceptors (Lipinski definition) is 2. The van der Waals surface area contributed by atoms with Crippen molar-refractivity contribution < 1.29 is 9.18 Å². The maximum Gasteiger partial charge on any atom is 0.224 e. The predicted molar refractivity (Wildman–Crippen MR) is 103 cm³/mol. The smallest absolute Gasteiger partial charge is 0.224 e. The highest BCUT2D eigenvalue weighted by atomic mass is 19.1. The summed E-state index contributed by atoms with van der Waals surface area (Å²) in [7, 11) is 0. The third-order valence-corrected chi connectivity index (χ3v) is 4.76. The molecule has 0 radical (unpaired) electrons. The predicted octanol–water partition coefficient (Wildman–Crippen LogP) is 4.53. The molecule has 0 aliphatic heterocycles. The van der Waals surface area contributed by atoms with Gasteiger partial charge in [-0.25, -0.2) is 4.39 Å². The number of benzene rings is 1. The molecule has 0 bridgehead atoms. The van der Waals surface area contributed by atoms with Gasteiger partial charge in [0, 0.05) is 36.4 Å². The van der Waals surface area contributed by atoms with Crippen molar-refractivity contribution in [1.82, 2.24) is 9.55 Å². The number of rotatable bonds is 5. The van der Waals surface area contributed by atoms with Crippen molar-refractivity contribution in [1.29, 1.82) is 0 Å². The number of fused-ring (bicyclic) bond motifs is 1. The average Bonchev–Trinajstić information content (AvgIpc) is 2.86. The van der Waals surface area contributed by atoms with E-state index in [1.165, 1.54) is 24.6 Å². The number of nitrogens with zero attached hydrogens (tertiary/aromatic N) is 3. The molecule has 0 N–H and O–H groups in total. The number of anilines is 1. The van der Waals surface area contributed by atoms with Gasteiger partial charge in [0.25, 0.3) is 0 Å². The number of carbonyl (C=O) groups excluding carboxylic acids is 1. The highest BCUT2D eigenvalue weighted by molar-refractivity contribution is 5.93. The van der Waals surface area contributed by atoms with E-state index in [9.17, 15) is 9.18 Å². The summed E-state index contributed by atoms with van der Waals surface area (Å²) in [5.41, 5.74) is 4.82. The third-order valence-electron chi connectivity index (χ3n) is 4.76. The van der Waals surface area contributed by atoms with Gasteiger partial charge in [0.1, 0.15) is 5.82 Å². The Morgan fingerprint density at radius 3 is 2.58 bits per heavy atom. The second-order valence-electron chi connectivity index (χ2n) is 6.35. The molecule has 2 aromatic heterocycles. The van der Waals surface area contributed by atoms with Crippen molar-refractivity contribution in [2.75, 3.05) is 4.90 Å². The molecule has 0 saturated heterocycles. The molecule has 3 aromatic rings. The molecule has 0 atom stereocenters. The van der Waals surface area contributed by atoms with Gasteiger partial charge in [-0.1, -0.05) is 6.08 Å². The van der Waals surface area contributed by atoms with Crippen LogP contribution in [0.15, 0.2) is 49.2 Å². The van der Waals surface area contributed by atoms with E-state index in [4.69, 9.17) is 0 Å². The van der Waals surface area contributed by atoms with Crippen LogP contribution < -0.4 is 4.90 Å². The first kappa shape index (κ1) is 17.9. The topological polar surface area (TPSA) is 38.1 Å². The van der Waals surface area contributed by atoms with E-state index in [2.05, 4.69) is 30.0 Å². The van der Waals surface area contributed by atoms with Crippen molar-refractivity contribution in [2.24, 2.45) is 0 Å². The Kier molecular flexibility index (Phi) is 4.89. The third kappa shape index (κ3) is 3.12. The van der Waals surface area contributed by atoms with Crippen LogP contribution in [0.4, 0.5) is 10.1 Å². The van der Waals surface area contributed by atoms with Gasteiger partial charge in [-0.05, 0) is 49.7 Å². The van der Waals surface area contributed by atoms with Crippen LogP contribution >= 0.6 is 0 Å². The maximum absolute atomic E-state index is 13.2. The second-order valence-corrected chi connectivity index (χ2v) is 6.35. The lowest BCUT2D eigenvalue weighted by Crippen LogP contribution is -2.28. The molecule has 1 aromatic carbocycles. The van der Waals surface area contributed by atoms with Crippen LogP contribution in [0.25, 0.3) is 10.9 Å². The molecule has 0 spiro atoms. The minimum Gasteiger partial charge on any atom is -0.339 e. The van der Waals surface area contributed by atoms with Crippen LogP contribution in [0.1, 0.15) is 23.9 Å². The molecule has 0 fully saturated rings. The zero-order chi connectivity index (χ0) is 18.8. The SMILES string of the molecule is C=CCn1c(C)c(C)c2ccnc(CN(C(C)=O)c3ccc(F)cc3)c21. The van der Waals surface area contributed by atoms with Gasteiger partial charge in [-0.2, -0.15) is 0 Å². The molecule has 5 heteroatoms. The second kappa shape index (κ2) is 7.12. The van der Waals surface area contributed by atoms with Gasteiger partial charge < -0.3 is 9.47 Å². The van der Waals surface area contributed by atoms with Crippen molar-refractivity contribution in [3.8, 4) is 0 Å². The molecule has 134 valence electrons. The van der Waals surface area contributed by atoms with Gasteiger partial charge in [0.2, 0.25) is 5.91 Å². The minimum absolute atomic E-state index is 0.120. The Balaban J connectivity index is 2.12. The number of halogens is 1. The van der Waals surface area contributed by atoms with Gasteiger partial charge in [-0.15, -0.1) is 6.58 Å². The summed E-state index contributed by atoms with van der Waals surface area (Å²) in [6.07, 6.45) is 3.62. The monoisotopic (exact) mass is 351 g/mol. The summed E-state index contributed by atoms with van der Waals surface area (Å²) in [4.78, 5) is 18.4. The first-order valence-corrected chi connectivity index (χ1v) is 8.52. The van der Waals surface area contributed by atoms with Crippen molar-refractivity contribution in [3.05, 3.63) is 72.0 Å². The van der Waals surface area contributed by atoms with Crippen molar-refractivity contribution in [3.63, 3.8) is 0 Å². The standard InChI is InChI=1S/C21H22FN3O/c1-5-12-24-15(3)14(2)19-10-11-23-20(21(19)24)13-25(16(4)26)18-8-6-17(22)7-9-18/h5-11H,1,12-13H2,2-4H3. The molecular formula is C21H22FN3O. The summed E-state index contributed by atoms with van der Waals surface area (Å²) in [6.45, 7) is 10.5. The first-order valence-electron chi connectivity index (χ1n) is 8.52. The fourth-order valence-corrected chi connectivity index (χ4v) is 3.29. The van der Waals surface area contributed by atoms with Gasteiger partial charge in [0.15, 0.2) is 0 Å². The van der Waals surface area contributed by atoms with Gasteiger partial charge in [-0.3, -0.25) is 9.78 Å². The molecule has 0 unspecified atom stereocenters. The fourth-order valence-electron chi connectivity index (χ4n) is 3.29. The van der Waals surface area contributed by atoms with Crippen molar-refractivity contribution in [2.45, 2.75) is 33.9 Å². The first-order chi connectivity index (χ1) is 12.4. The number of aromatic nitrogens is 2. The average molecular weight is 351 g/mol. The van der Waals surface area contributed by atoms with E-state index in [0.29, 0.717) is 18.8 Å². The zero-order valence-corrected chi connectivity index (χ0v) is 15.3. The molecular weight excluding hydrogens is 329 g/mol. The molecule has 3 rings (SSSR count). The Labute approximate surface area is 152 Å². The van der Waals surface area contributed by atoms with Crippen LogP contribution in [0, 0.1) is 19.7 Å². The molecule has 0 saturated carbocycles. The van der Waals surface area contributed by atoms with Gasteiger partial charge >= 0.3 is 0 Å². The summed E-state index contributed by atoms with van der Waals surface area (Å²) >= 11 is 0. The summed E-state index contributed by atoms with van der Waals surface area (Å²) in [5.74, 6) is -0.450. The number of aryl methyl sites for hydroxylation is 1. The maximum atomic E-state index is 13.2. The normalized spacial score (nSPS) is 10.9. The van der Waals surface area contributed by atoms with E-state index < -0.39 is 0 Å². The van der Waals surface area contributed by atoms with Crippen LogP contribution in [-0.4, -0.2) is 15.5 Å². The quantitative estimate of drug-likeness (QED) is 0.633. The number of carbonyl (C=O) groups is 1. The van der Waals surface area contributed by atoms with Crippen molar-refractivity contribution >= 4 is 22.5 Å². The van der Waals surface area contributed by atoms with E-state index in [1.807, 2.05) is 12.1 Å². The Morgan fingerprint density at radius 2 is 1.96 bits per heavy atom. The number of pyridine rings is 1. The molecule has 0 aliphatic carbocycles. The Bertz CT molecular complexity index is 973. The molecule has 2 heterocycles. The van der Waals surface area contributed by atoms with Crippen LogP contribution in [0.2, 0.25) is 0 Å². The largest absolute Gasteiger partial charge is 0.339 e. The fraction of sp³-hybridized carbons (Fsp3) is 0.238. The minimum atomic E-state index is -0.330. The Hall–Kier alpha value is -2.95. The lowest BCUT2D eigenvalue weighted by molar-refractivity contribution is -0.116. The summed E-state index contributed by atoms with van der Waals surface area (Å²) in [6, 6.07) is 7.92. The lowest BCUT2D eigenvalue weighted by Gasteiger charge is -2.21. The van der Waals surface area contributed by atoms with Crippen LogP contribution in [-0.2, 0) is 17.9 Å². The van der Waals surface area contributed by atoms with E-state index >= 15 is 0 Å². The van der Waals surface area contributed by atoms with Gasteiger partial charge in [0.05, 0.1) is 17.8 Å². The molecule has 0 aliphatic rings. The van der Waals surface area contributed by atoms with E-state index in [-0.39, 0.29) is 11.7 Å². The summed E-state index contributed by atoms with van der Waals surface area (Å²) in [5, 5.41) is 1.12. The number of hydrogen-bond donors (Lipinski definition) is 0. The van der Waals surface area contributed by atoms with E-state index in [0.717, 1.165) is 22.3 Å². The molecule has 26 heavy (non-hydrogen) atoms. The number of amides is 1. The summed E-state index contributed by atoms with van der Waals surface area (Å²) < 4.78 is 15.4. The lowest BCUT2D eigenvalue weighted by atomic mass is 10.1. The highest BCUT2D eigenvalue weighted by Gasteiger charge is 2.19. The van der Waals surface area contributed by atoms with Crippen LogP contribution in [0.3, 0.4) is 0 Å². The zero-order valence-electron chi connectivity index (χ0n) is 15.3. The highest BCUT2D eigenvalue weighted by Crippen LogP contribution is 2.28. The van der Waals surface area contributed by atoms with E-state index in [1.54, 1.807) is 23.2 Å². The van der Waals surface area contributed by atoms with Crippen LogP contribution in [0.5, 0.6) is 0 Å². The number of allylic oxidation sites excluding steroid dienone is 1. The Morgan fingerprint density at radius 1 is 1.27 bits per heavy atom.